The first-order valence-corrected chi connectivity index (χ1v) is 8.18. The van der Waals surface area contributed by atoms with Crippen LogP contribution in [0.15, 0.2) is 18.2 Å². The van der Waals surface area contributed by atoms with E-state index in [2.05, 4.69) is 0 Å². The van der Waals surface area contributed by atoms with Gasteiger partial charge in [-0.1, -0.05) is 6.07 Å². The molecular formula is C17H24N2O5. The van der Waals surface area contributed by atoms with E-state index in [-0.39, 0.29) is 23.4 Å². The topological polar surface area (TPSA) is 81.9 Å². The molecule has 1 amide bonds. The van der Waals surface area contributed by atoms with Gasteiger partial charge in [-0.05, 0) is 37.3 Å². The van der Waals surface area contributed by atoms with Crippen molar-refractivity contribution in [2.45, 2.75) is 44.8 Å². The van der Waals surface area contributed by atoms with Crippen LogP contribution in [0.2, 0.25) is 0 Å². The van der Waals surface area contributed by atoms with Crippen molar-refractivity contribution in [3.63, 3.8) is 0 Å². The van der Waals surface area contributed by atoms with Crippen molar-refractivity contribution >= 4 is 11.6 Å². The highest BCUT2D eigenvalue weighted by molar-refractivity contribution is 5.75. The number of hydrogen-bond acceptors (Lipinski definition) is 5. The number of nitro groups is 1. The van der Waals surface area contributed by atoms with Crippen molar-refractivity contribution < 1.29 is 19.2 Å². The minimum Gasteiger partial charge on any atom is -0.490 e. The van der Waals surface area contributed by atoms with E-state index >= 15 is 0 Å². The van der Waals surface area contributed by atoms with Gasteiger partial charge in [0.2, 0.25) is 5.91 Å². The summed E-state index contributed by atoms with van der Waals surface area (Å²) in [5.41, 5.74) is 0.610. The van der Waals surface area contributed by atoms with Crippen molar-refractivity contribution in [3.05, 3.63) is 33.9 Å². The maximum atomic E-state index is 12.2. The lowest BCUT2D eigenvalue weighted by Gasteiger charge is -2.23. The summed E-state index contributed by atoms with van der Waals surface area (Å²) in [6, 6.07) is 4.74. The van der Waals surface area contributed by atoms with Gasteiger partial charge < -0.3 is 14.4 Å². The Balaban J connectivity index is 1.90. The van der Waals surface area contributed by atoms with Crippen molar-refractivity contribution in [3.8, 4) is 5.75 Å². The average molecular weight is 336 g/mol. The molecule has 24 heavy (non-hydrogen) atoms. The number of rotatable bonds is 7. The van der Waals surface area contributed by atoms with Crippen molar-refractivity contribution in [2.75, 3.05) is 20.8 Å². The molecule has 0 radical (unpaired) electrons. The van der Waals surface area contributed by atoms with Gasteiger partial charge in [0, 0.05) is 32.7 Å². The molecule has 132 valence electrons. The van der Waals surface area contributed by atoms with Gasteiger partial charge in [0.15, 0.2) is 5.75 Å². The van der Waals surface area contributed by atoms with Gasteiger partial charge in [0.05, 0.1) is 18.1 Å². The third-order valence-electron chi connectivity index (χ3n) is 4.24. The summed E-state index contributed by atoms with van der Waals surface area (Å²) in [5, 5.41) is 11.1. The Labute approximate surface area is 141 Å². The van der Waals surface area contributed by atoms with Gasteiger partial charge in [-0.3, -0.25) is 14.9 Å². The van der Waals surface area contributed by atoms with Crippen LogP contribution in [0.3, 0.4) is 0 Å². The van der Waals surface area contributed by atoms with Crippen molar-refractivity contribution in [2.24, 2.45) is 0 Å². The van der Waals surface area contributed by atoms with Crippen LogP contribution in [0.4, 0.5) is 5.69 Å². The number of methoxy groups -OCH3 is 1. The van der Waals surface area contributed by atoms with Gasteiger partial charge in [0.25, 0.3) is 0 Å². The van der Waals surface area contributed by atoms with Crippen LogP contribution in [0.1, 0.15) is 37.7 Å². The van der Waals surface area contributed by atoms with E-state index in [0.29, 0.717) is 18.5 Å². The number of nitro benzene ring substituents is 1. The molecule has 1 aliphatic heterocycles. The maximum Gasteiger partial charge on any atom is 0.311 e. The fraction of sp³-hybridized carbons (Fsp3) is 0.588. The molecule has 1 fully saturated rings. The first kappa shape index (κ1) is 18.2. The fourth-order valence-corrected chi connectivity index (χ4v) is 2.85. The summed E-state index contributed by atoms with van der Waals surface area (Å²) in [7, 11) is 3.10. The van der Waals surface area contributed by atoms with Gasteiger partial charge in [-0.15, -0.1) is 0 Å². The van der Waals surface area contributed by atoms with Crippen LogP contribution >= 0.6 is 0 Å². The monoisotopic (exact) mass is 336 g/mol. The number of nitrogens with zero attached hydrogens (tertiary/aromatic N) is 2. The van der Waals surface area contributed by atoms with E-state index in [1.165, 1.54) is 13.2 Å². The van der Waals surface area contributed by atoms with E-state index in [1.54, 1.807) is 24.1 Å². The molecule has 0 N–H and O–H groups in total. The molecule has 1 heterocycles. The molecule has 7 nitrogen and oxygen atoms in total. The Morgan fingerprint density at radius 1 is 1.46 bits per heavy atom. The molecular weight excluding hydrogens is 312 g/mol. The van der Waals surface area contributed by atoms with Gasteiger partial charge in [-0.25, -0.2) is 0 Å². The number of carbonyl (C=O) groups is 1. The lowest BCUT2D eigenvalue weighted by molar-refractivity contribution is -0.385. The second-order valence-electron chi connectivity index (χ2n) is 6.04. The summed E-state index contributed by atoms with van der Waals surface area (Å²) in [5.74, 6) is 0.231. The zero-order valence-corrected chi connectivity index (χ0v) is 14.2. The van der Waals surface area contributed by atoms with Crippen molar-refractivity contribution in [1.82, 2.24) is 4.90 Å². The summed E-state index contributed by atoms with van der Waals surface area (Å²) in [4.78, 5) is 24.4. The highest BCUT2D eigenvalue weighted by atomic mass is 16.6. The van der Waals surface area contributed by atoms with Gasteiger partial charge in [0.1, 0.15) is 0 Å². The standard InChI is InChI=1S/C17H24N2O5/c1-18(17(20)9-7-14-5-3-4-10-24-14)12-13-6-8-16(23-2)15(11-13)19(21)22/h6,8,11,14H,3-5,7,9-10,12H2,1-2H3/t14-/m0/s1. The average Bonchev–Trinajstić information content (AvgIpc) is 2.60. The second-order valence-corrected chi connectivity index (χ2v) is 6.04. The summed E-state index contributed by atoms with van der Waals surface area (Å²) in [6.45, 7) is 1.11. The Morgan fingerprint density at radius 2 is 2.25 bits per heavy atom. The maximum absolute atomic E-state index is 12.2. The molecule has 2 rings (SSSR count). The number of hydrogen-bond donors (Lipinski definition) is 0. The normalized spacial score (nSPS) is 17.3. The predicted octanol–water partition coefficient (Wildman–Crippen LogP) is 2.91. The molecule has 0 spiro atoms. The number of benzene rings is 1. The molecule has 1 aliphatic rings. The lowest BCUT2D eigenvalue weighted by atomic mass is 10.0. The van der Waals surface area contributed by atoms with Crippen LogP contribution in [0.25, 0.3) is 0 Å². The summed E-state index contributed by atoms with van der Waals surface area (Å²) < 4.78 is 10.6. The van der Waals surface area contributed by atoms with Crippen LogP contribution in [-0.4, -0.2) is 42.6 Å². The molecule has 1 aromatic carbocycles. The zero-order valence-electron chi connectivity index (χ0n) is 14.2. The quantitative estimate of drug-likeness (QED) is 0.565. The SMILES string of the molecule is COc1ccc(CN(C)C(=O)CC[C@@H]2CCCCO2)cc1[N+](=O)[O-]. The molecule has 0 unspecified atom stereocenters. The first-order valence-electron chi connectivity index (χ1n) is 8.18. The highest BCUT2D eigenvalue weighted by Gasteiger charge is 2.19. The molecule has 1 aromatic rings. The van der Waals surface area contributed by atoms with Crippen LogP contribution in [0, 0.1) is 10.1 Å². The molecule has 0 saturated carbocycles. The number of carbonyl (C=O) groups excluding carboxylic acids is 1. The highest BCUT2D eigenvalue weighted by Crippen LogP contribution is 2.28. The van der Waals surface area contributed by atoms with Crippen LogP contribution < -0.4 is 4.74 Å². The van der Waals surface area contributed by atoms with Crippen LogP contribution in [-0.2, 0) is 16.1 Å². The Bertz CT molecular complexity index is 584. The minimum absolute atomic E-state index is 0.0163. The van der Waals surface area contributed by atoms with Gasteiger partial charge >= 0.3 is 5.69 Å². The van der Waals surface area contributed by atoms with Crippen LogP contribution in [0.5, 0.6) is 5.75 Å². The molecule has 0 aromatic heterocycles. The van der Waals surface area contributed by atoms with E-state index < -0.39 is 4.92 Å². The Morgan fingerprint density at radius 3 is 2.88 bits per heavy atom. The molecule has 0 bridgehead atoms. The largest absolute Gasteiger partial charge is 0.490 e. The van der Waals surface area contributed by atoms with E-state index in [1.807, 2.05) is 0 Å². The van der Waals surface area contributed by atoms with E-state index in [0.717, 1.165) is 32.3 Å². The number of amides is 1. The Kier molecular flexibility index (Phi) is 6.54. The molecule has 7 heteroatoms. The second kappa shape index (κ2) is 8.63. The molecule has 1 atom stereocenters. The fourth-order valence-electron chi connectivity index (χ4n) is 2.85. The summed E-state index contributed by atoms with van der Waals surface area (Å²) >= 11 is 0. The minimum atomic E-state index is -0.482. The zero-order chi connectivity index (χ0) is 17.5. The smallest absolute Gasteiger partial charge is 0.311 e. The van der Waals surface area contributed by atoms with Gasteiger partial charge in [-0.2, -0.15) is 0 Å². The Hall–Kier alpha value is -2.15. The van der Waals surface area contributed by atoms with Crippen molar-refractivity contribution in [1.29, 1.82) is 0 Å². The predicted molar refractivity (Wildman–Crippen MR) is 88.9 cm³/mol. The number of ether oxygens (including phenoxy) is 2. The summed E-state index contributed by atoms with van der Waals surface area (Å²) in [6.07, 6.45) is 4.61. The molecule has 0 aliphatic carbocycles. The first-order chi connectivity index (χ1) is 11.5. The molecule has 1 saturated heterocycles. The van der Waals surface area contributed by atoms with E-state index in [4.69, 9.17) is 9.47 Å². The van der Waals surface area contributed by atoms with E-state index in [9.17, 15) is 14.9 Å². The lowest BCUT2D eigenvalue weighted by Crippen LogP contribution is -2.28. The third-order valence-corrected chi connectivity index (χ3v) is 4.24. The third kappa shape index (κ3) is 4.92.